The third kappa shape index (κ3) is 2.48. The smallest absolute Gasteiger partial charge is 0.259 e. The zero-order valence-electron chi connectivity index (χ0n) is 12.0. The standard InChI is InChI=1S/C17H12FNO4/c18-11-2-4-14-12(8-11)17(20)19-13(9-23-14)10-1-3-15-16(7-10)22-6-5-21-15/h1-4,7-9H,5-6H2,(H,19,20). The van der Waals surface area contributed by atoms with Gasteiger partial charge in [-0.25, -0.2) is 4.39 Å². The van der Waals surface area contributed by atoms with Crippen LogP contribution in [0.2, 0.25) is 0 Å². The van der Waals surface area contributed by atoms with Gasteiger partial charge in [-0.15, -0.1) is 0 Å². The zero-order chi connectivity index (χ0) is 15.8. The molecule has 2 aliphatic rings. The summed E-state index contributed by atoms with van der Waals surface area (Å²) in [4.78, 5) is 12.3. The van der Waals surface area contributed by atoms with E-state index in [1.165, 1.54) is 18.4 Å². The van der Waals surface area contributed by atoms with Gasteiger partial charge in [0.2, 0.25) is 0 Å². The number of carbonyl (C=O) groups excluding carboxylic acids is 1. The first-order chi connectivity index (χ1) is 11.2. The molecule has 0 aromatic heterocycles. The molecule has 4 rings (SSSR count). The normalized spacial score (nSPS) is 15.7. The van der Waals surface area contributed by atoms with Gasteiger partial charge in [-0.05, 0) is 36.4 Å². The van der Waals surface area contributed by atoms with Crippen LogP contribution < -0.4 is 19.5 Å². The first-order valence-electron chi connectivity index (χ1n) is 7.08. The van der Waals surface area contributed by atoms with Crippen molar-refractivity contribution in [3.63, 3.8) is 0 Å². The Bertz CT molecular complexity index is 831. The molecule has 2 heterocycles. The summed E-state index contributed by atoms with van der Waals surface area (Å²) >= 11 is 0. The van der Waals surface area contributed by atoms with Gasteiger partial charge in [-0.3, -0.25) is 4.79 Å². The Morgan fingerprint density at radius 2 is 1.74 bits per heavy atom. The van der Waals surface area contributed by atoms with Gasteiger partial charge in [0.15, 0.2) is 11.5 Å². The van der Waals surface area contributed by atoms with Crippen molar-refractivity contribution < 1.29 is 23.4 Å². The van der Waals surface area contributed by atoms with Crippen LogP contribution in [0.25, 0.3) is 5.70 Å². The fraction of sp³-hybridized carbons (Fsp3) is 0.118. The minimum Gasteiger partial charge on any atom is -0.486 e. The van der Waals surface area contributed by atoms with E-state index in [1.54, 1.807) is 18.2 Å². The van der Waals surface area contributed by atoms with Crippen LogP contribution in [0.1, 0.15) is 15.9 Å². The molecule has 5 nitrogen and oxygen atoms in total. The van der Waals surface area contributed by atoms with Crippen LogP contribution in [-0.4, -0.2) is 19.1 Å². The summed E-state index contributed by atoms with van der Waals surface area (Å²) in [5.74, 6) is 0.642. The molecular formula is C17H12FNO4. The molecule has 0 saturated carbocycles. The fourth-order valence-electron chi connectivity index (χ4n) is 2.48. The predicted molar refractivity (Wildman–Crippen MR) is 79.9 cm³/mol. The third-order valence-corrected chi connectivity index (χ3v) is 3.59. The van der Waals surface area contributed by atoms with Crippen molar-refractivity contribution in [1.82, 2.24) is 5.32 Å². The zero-order valence-corrected chi connectivity index (χ0v) is 12.0. The highest BCUT2D eigenvalue weighted by molar-refractivity contribution is 6.02. The Labute approximate surface area is 131 Å². The Hall–Kier alpha value is -3.02. The van der Waals surface area contributed by atoms with Gasteiger partial charge in [0.1, 0.15) is 31.0 Å². The number of rotatable bonds is 1. The minimum atomic E-state index is -0.495. The van der Waals surface area contributed by atoms with E-state index in [0.29, 0.717) is 41.7 Å². The van der Waals surface area contributed by atoms with Crippen molar-refractivity contribution in [1.29, 1.82) is 0 Å². The predicted octanol–water partition coefficient (Wildman–Crippen LogP) is 2.72. The maximum atomic E-state index is 13.3. The highest BCUT2D eigenvalue weighted by atomic mass is 19.1. The molecule has 0 bridgehead atoms. The quantitative estimate of drug-likeness (QED) is 0.879. The second-order valence-electron chi connectivity index (χ2n) is 5.10. The topological polar surface area (TPSA) is 56.8 Å². The van der Waals surface area contributed by atoms with Crippen LogP contribution in [0.3, 0.4) is 0 Å². The molecule has 1 N–H and O–H groups in total. The largest absolute Gasteiger partial charge is 0.486 e. The van der Waals surface area contributed by atoms with Gasteiger partial charge in [0.25, 0.3) is 5.91 Å². The Balaban J connectivity index is 1.69. The molecule has 0 aliphatic carbocycles. The number of carbonyl (C=O) groups is 1. The summed E-state index contributed by atoms with van der Waals surface area (Å²) in [5, 5.41) is 2.72. The SMILES string of the molecule is O=C1NC(c2ccc3c(c2)OCCO3)=COc2ccc(F)cc21. The second-order valence-corrected chi connectivity index (χ2v) is 5.10. The maximum Gasteiger partial charge on any atom is 0.259 e. The van der Waals surface area contributed by atoms with Crippen molar-refractivity contribution in [2.45, 2.75) is 0 Å². The highest BCUT2D eigenvalue weighted by Crippen LogP contribution is 2.33. The van der Waals surface area contributed by atoms with Crippen molar-refractivity contribution in [3.8, 4) is 17.2 Å². The number of nitrogens with one attached hydrogen (secondary N) is 1. The van der Waals surface area contributed by atoms with Gasteiger partial charge >= 0.3 is 0 Å². The number of hydrogen-bond donors (Lipinski definition) is 1. The Morgan fingerprint density at radius 3 is 2.61 bits per heavy atom. The first-order valence-corrected chi connectivity index (χ1v) is 7.08. The van der Waals surface area contributed by atoms with Crippen molar-refractivity contribution >= 4 is 11.6 Å². The molecule has 6 heteroatoms. The molecule has 2 aromatic carbocycles. The number of benzene rings is 2. The van der Waals surface area contributed by atoms with Gasteiger partial charge in [-0.2, -0.15) is 0 Å². The molecule has 116 valence electrons. The lowest BCUT2D eigenvalue weighted by Gasteiger charge is -2.19. The van der Waals surface area contributed by atoms with Gasteiger partial charge in [0.05, 0.1) is 11.3 Å². The summed E-state index contributed by atoms with van der Waals surface area (Å²) in [5.41, 5.74) is 1.31. The molecule has 0 atom stereocenters. The molecule has 23 heavy (non-hydrogen) atoms. The molecule has 0 radical (unpaired) electrons. The van der Waals surface area contributed by atoms with Crippen LogP contribution in [0, 0.1) is 5.82 Å². The van der Waals surface area contributed by atoms with E-state index in [4.69, 9.17) is 14.2 Å². The summed E-state index contributed by atoms with van der Waals surface area (Å²) in [7, 11) is 0. The number of amides is 1. The summed E-state index contributed by atoms with van der Waals surface area (Å²) in [6.45, 7) is 0.985. The van der Waals surface area contributed by atoms with Gasteiger partial charge in [-0.1, -0.05) is 0 Å². The van der Waals surface area contributed by atoms with Crippen LogP contribution in [-0.2, 0) is 0 Å². The molecule has 0 spiro atoms. The monoisotopic (exact) mass is 313 g/mol. The number of hydrogen-bond acceptors (Lipinski definition) is 4. The number of fused-ring (bicyclic) bond motifs is 2. The van der Waals surface area contributed by atoms with Crippen LogP contribution >= 0.6 is 0 Å². The van der Waals surface area contributed by atoms with Crippen LogP contribution in [0.5, 0.6) is 17.2 Å². The van der Waals surface area contributed by atoms with Crippen LogP contribution in [0.4, 0.5) is 4.39 Å². The van der Waals surface area contributed by atoms with E-state index in [0.717, 1.165) is 6.07 Å². The van der Waals surface area contributed by atoms with E-state index >= 15 is 0 Å². The maximum absolute atomic E-state index is 13.3. The van der Waals surface area contributed by atoms with Crippen molar-refractivity contribution in [2.75, 3.05) is 13.2 Å². The lowest BCUT2D eigenvalue weighted by Crippen LogP contribution is -2.21. The highest BCUT2D eigenvalue weighted by Gasteiger charge is 2.21. The average molecular weight is 313 g/mol. The minimum absolute atomic E-state index is 0.147. The second kappa shape index (κ2) is 5.31. The Morgan fingerprint density at radius 1 is 0.957 bits per heavy atom. The lowest BCUT2D eigenvalue weighted by molar-refractivity contribution is 0.0973. The molecule has 0 unspecified atom stereocenters. The summed E-state index contributed by atoms with van der Waals surface area (Å²) in [6, 6.07) is 9.14. The third-order valence-electron chi connectivity index (χ3n) is 3.59. The lowest BCUT2D eigenvalue weighted by atomic mass is 10.1. The number of halogens is 1. The fourth-order valence-corrected chi connectivity index (χ4v) is 2.48. The van der Waals surface area contributed by atoms with Crippen LogP contribution in [0.15, 0.2) is 42.7 Å². The van der Waals surface area contributed by atoms with E-state index in [-0.39, 0.29) is 5.56 Å². The van der Waals surface area contributed by atoms with E-state index in [1.807, 2.05) is 0 Å². The summed E-state index contributed by atoms with van der Waals surface area (Å²) in [6.07, 6.45) is 1.42. The van der Waals surface area contributed by atoms with Crippen molar-refractivity contribution in [3.05, 3.63) is 59.6 Å². The number of ether oxygens (including phenoxy) is 3. The van der Waals surface area contributed by atoms with E-state index in [9.17, 15) is 9.18 Å². The average Bonchev–Trinajstić information content (AvgIpc) is 2.74. The first kappa shape index (κ1) is 13.6. The van der Waals surface area contributed by atoms with Crippen molar-refractivity contribution in [2.24, 2.45) is 0 Å². The van der Waals surface area contributed by atoms with Gasteiger partial charge < -0.3 is 19.5 Å². The molecule has 0 fully saturated rings. The Kier molecular flexibility index (Phi) is 3.15. The summed E-state index contributed by atoms with van der Waals surface area (Å²) < 4.78 is 29.8. The molecular weight excluding hydrogens is 301 g/mol. The molecule has 2 aliphatic heterocycles. The van der Waals surface area contributed by atoms with E-state index < -0.39 is 11.7 Å². The molecule has 1 amide bonds. The molecule has 0 saturated heterocycles. The molecule has 2 aromatic rings. The van der Waals surface area contributed by atoms with Gasteiger partial charge in [0, 0.05) is 5.56 Å². The van der Waals surface area contributed by atoms with E-state index in [2.05, 4.69) is 5.32 Å².